The van der Waals surface area contributed by atoms with Crippen LogP contribution >= 0.6 is 0 Å². The molecule has 1 fully saturated rings. The van der Waals surface area contributed by atoms with Crippen LogP contribution in [0.5, 0.6) is 0 Å². The summed E-state index contributed by atoms with van der Waals surface area (Å²) < 4.78 is 0. The fraction of sp³-hybridized carbons (Fsp3) is 0.545. The van der Waals surface area contributed by atoms with E-state index in [1.807, 2.05) is 6.07 Å². The second-order valence-corrected chi connectivity index (χ2v) is 4.12. The zero-order valence-electron chi connectivity index (χ0n) is 8.59. The highest BCUT2D eigenvalue weighted by Gasteiger charge is 2.15. The Labute approximate surface area is 84.7 Å². The summed E-state index contributed by atoms with van der Waals surface area (Å²) in [5.41, 5.74) is 8.05. The maximum atomic E-state index is 5.71. The van der Waals surface area contributed by atoms with Crippen molar-refractivity contribution in [2.75, 3.05) is 18.8 Å². The summed E-state index contributed by atoms with van der Waals surface area (Å²) >= 11 is 0. The third kappa shape index (κ3) is 2.23. The number of nitrogens with two attached hydrogens (primary N) is 1. The van der Waals surface area contributed by atoms with Crippen LogP contribution in [0.3, 0.4) is 0 Å². The van der Waals surface area contributed by atoms with E-state index >= 15 is 0 Å². The molecule has 0 aliphatic carbocycles. The highest BCUT2D eigenvalue weighted by atomic mass is 14.9. The summed E-state index contributed by atoms with van der Waals surface area (Å²) in [5.74, 6) is 1.38. The minimum atomic E-state index is 0.644. The van der Waals surface area contributed by atoms with Crippen molar-refractivity contribution in [3.63, 3.8) is 0 Å². The molecule has 0 radical (unpaired) electrons. The van der Waals surface area contributed by atoms with Crippen LogP contribution in [0, 0.1) is 12.8 Å². The molecule has 1 saturated heterocycles. The molecule has 0 bridgehead atoms. The van der Waals surface area contributed by atoms with E-state index in [0.29, 0.717) is 5.82 Å². The van der Waals surface area contributed by atoms with Crippen molar-refractivity contribution in [3.05, 3.63) is 23.4 Å². The molecule has 0 saturated carbocycles. The molecule has 3 heteroatoms. The van der Waals surface area contributed by atoms with Gasteiger partial charge in [-0.15, -0.1) is 0 Å². The lowest BCUT2D eigenvalue weighted by molar-refractivity contribution is 0.572. The van der Waals surface area contributed by atoms with Crippen molar-refractivity contribution in [2.24, 2.45) is 5.92 Å². The molecule has 1 aliphatic heterocycles. The molecule has 3 nitrogen and oxygen atoms in total. The third-order valence-corrected chi connectivity index (χ3v) is 2.70. The number of hydrogen-bond donors (Lipinski definition) is 2. The van der Waals surface area contributed by atoms with Gasteiger partial charge in [-0.3, -0.25) is 0 Å². The number of rotatable bonds is 2. The summed E-state index contributed by atoms with van der Waals surface area (Å²) in [6.07, 6.45) is 2.31. The zero-order valence-corrected chi connectivity index (χ0v) is 8.59. The van der Waals surface area contributed by atoms with Crippen LogP contribution in [0.1, 0.15) is 17.7 Å². The highest BCUT2D eigenvalue weighted by Crippen LogP contribution is 2.15. The zero-order chi connectivity index (χ0) is 9.97. The van der Waals surface area contributed by atoms with Crippen molar-refractivity contribution in [1.29, 1.82) is 0 Å². The van der Waals surface area contributed by atoms with Crippen molar-refractivity contribution in [2.45, 2.75) is 19.8 Å². The Kier molecular flexibility index (Phi) is 2.68. The SMILES string of the molecule is Cc1cc(N)nc(C[C@H]2CCNC2)c1. The molecule has 2 rings (SSSR count). The summed E-state index contributed by atoms with van der Waals surface area (Å²) in [7, 11) is 0. The number of pyridine rings is 1. The van der Waals surface area contributed by atoms with Crippen molar-refractivity contribution in [1.82, 2.24) is 10.3 Å². The monoisotopic (exact) mass is 191 g/mol. The molecule has 14 heavy (non-hydrogen) atoms. The third-order valence-electron chi connectivity index (χ3n) is 2.70. The molecule has 1 aromatic heterocycles. The van der Waals surface area contributed by atoms with Crippen LogP contribution in [0.25, 0.3) is 0 Å². The van der Waals surface area contributed by atoms with Crippen LogP contribution in [0.2, 0.25) is 0 Å². The molecular formula is C11H17N3. The Bertz CT molecular complexity index is 296. The van der Waals surface area contributed by atoms with Crippen LogP contribution < -0.4 is 11.1 Å². The predicted octanol–water partition coefficient (Wildman–Crippen LogP) is 1.12. The van der Waals surface area contributed by atoms with Gasteiger partial charge in [0.05, 0.1) is 0 Å². The molecule has 76 valence electrons. The van der Waals surface area contributed by atoms with Crippen molar-refractivity contribution in [3.8, 4) is 0 Å². The Morgan fingerprint density at radius 2 is 2.43 bits per heavy atom. The fourth-order valence-electron chi connectivity index (χ4n) is 2.06. The average Bonchev–Trinajstić information content (AvgIpc) is 2.54. The number of aryl methyl sites for hydroxylation is 1. The maximum absolute atomic E-state index is 5.71. The minimum Gasteiger partial charge on any atom is -0.384 e. The van der Waals surface area contributed by atoms with Gasteiger partial charge in [0.25, 0.3) is 0 Å². The van der Waals surface area contributed by atoms with Crippen LogP contribution in [0.15, 0.2) is 12.1 Å². The van der Waals surface area contributed by atoms with E-state index in [9.17, 15) is 0 Å². The lowest BCUT2D eigenvalue weighted by Crippen LogP contribution is -2.11. The van der Waals surface area contributed by atoms with Gasteiger partial charge in [-0.05, 0) is 56.5 Å². The van der Waals surface area contributed by atoms with Gasteiger partial charge in [0, 0.05) is 5.69 Å². The Morgan fingerprint density at radius 1 is 1.57 bits per heavy atom. The van der Waals surface area contributed by atoms with Crippen molar-refractivity contribution >= 4 is 5.82 Å². The fourth-order valence-corrected chi connectivity index (χ4v) is 2.06. The topological polar surface area (TPSA) is 50.9 Å². The molecule has 0 aromatic carbocycles. The molecule has 2 heterocycles. The molecular weight excluding hydrogens is 174 g/mol. The minimum absolute atomic E-state index is 0.644. The molecule has 1 atom stereocenters. The van der Waals surface area contributed by atoms with E-state index in [0.717, 1.165) is 31.1 Å². The maximum Gasteiger partial charge on any atom is 0.123 e. The van der Waals surface area contributed by atoms with Gasteiger partial charge in [-0.2, -0.15) is 0 Å². The standard InChI is InChI=1S/C11H17N3/c1-8-4-10(14-11(12)5-8)6-9-2-3-13-7-9/h4-5,9,13H,2-3,6-7H2,1H3,(H2,12,14)/t9-/m1/s1. The van der Waals surface area contributed by atoms with Crippen LogP contribution in [-0.2, 0) is 6.42 Å². The largest absolute Gasteiger partial charge is 0.384 e. The summed E-state index contributed by atoms with van der Waals surface area (Å²) in [5, 5.41) is 3.36. The number of hydrogen-bond acceptors (Lipinski definition) is 3. The first-order valence-corrected chi connectivity index (χ1v) is 5.18. The smallest absolute Gasteiger partial charge is 0.123 e. The first-order valence-electron chi connectivity index (χ1n) is 5.18. The molecule has 0 unspecified atom stereocenters. The molecule has 0 amide bonds. The summed E-state index contributed by atoms with van der Waals surface area (Å²) in [6, 6.07) is 4.05. The molecule has 3 N–H and O–H groups in total. The van der Waals surface area contributed by atoms with Gasteiger partial charge in [0.2, 0.25) is 0 Å². The van der Waals surface area contributed by atoms with E-state index in [4.69, 9.17) is 5.73 Å². The number of nitrogen functional groups attached to an aromatic ring is 1. The number of anilines is 1. The predicted molar refractivity (Wildman–Crippen MR) is 58.1 cm³/mol. The summed E-state index contributed by atoms with van der Waals surface area (Å²) in [6.45, 7) is 4.33. The van der Waals surface area contributed by atoms with Gasteiger partial charge >= 0.3 is 0 Å². The molecule has 0 spiro atoms. The first-order chi connectivity index (χ1) is 6.74. The summed E-state index contributed by atoms with van der Waals surface area (Å²) in [4.78, 5) is 4.35. The van der Waals surface area contributed by atoms with E-state index < -0.39 is 0 Å². The average molecular weight is 191 g/mol. The Balaban J connectivity index is 2.07. The number of nitrogens with zero attached hydrogens (tertiary/aromatic N) is 1. The normalized spacial score (nSPS) is 21.4. The highest BCUT2D eigenvalue weighted by molar-refractivity contribution is 5.34. The lowest BCUT2D eigenvalue weighted by atomic mass is 10.0. The van der Waals surface area contributed by atoms with E-state index in [1.165, 1.54) is 12.0 Å². The second kappa shape index (κ2) is 3.96. The van der Waals surface area contributed by atoms with Crippen LogP contribution in [-0.4, -0.2) is 18.1 Å². The van der Waals surface area contributed by atoms with Gasteiger partial charge in [0.15, 0.2) is 0 Å². The number of aromatic nitrogens is 1. The quantitative estimate of drug-likeness (QED) is 0.736. The molecule has 1 aliphatic rings. The second-order valence-electron chi connectivity index (χ2n) is 4.12. The Hall–Kier alpha value is -1.09. The van der Waals surface area contributed by atoms with Crippen molar-refractivity contribution < 1.29 is 0 Å². The van der Waals surface area contributed by atoms with Gasteiger partial charge in [-0.25, -0.2) is 4.98 Å². The van der Waals surface area contributed by atoms with Crippen LogP contribution in [0.4, 0.5) is 5.82 Å². The van der Waals surface area contributed by atoms with E-state index in [2.05, 4.69) is 23.3 Å². The van der Waals surface area contributed by atoms with Gasteiger partial charge in [-0.1, -0.05) is 0 Å². The Morgan fingerprint density at radius 3 is 3.07 bits per heavy atom. The first kappa shape index (κ1) is 9.46. The van der Waals surface area contributed by atoms with Gasteiger partial charge < -0.3 is 11.1 Å². The van der Waals surface area contributed by atoms with Gasteiger partial charge in [0.1, 0.15) is 5.82 Å². The molecule has 1 aromatic rings. The van der Waals surface area contributed by atoms with E-state index in [1.54, 1.807) is 0 Å². The van der Waals surface area contributed by atoms with E-state index in [-0.39, 0.29) is 0 Å². The lowest BCUT2D eigenvalue weighted by Gasteiger charge is -2.08. The number of nitrogens with one attached hydrogen (secondary N) is 1.